The third-order valence-corrected chi connectivity index (χ3v) is 6.79. The molecule has 0 radical (unpaired) electrons. The van der Waals surface area contributed by atoms with E-state index in [1.54, 1.807) is 38.1 Å². The molecule has 0 spiro atoms. The van der Waals surface area contributed by atoms with Gasteiger partial charge in [-0.3, -0.25) is 0 Å². The van der Waals surface area contributed by atoms with Crippen LogP contribution < -0.4 is 18.9 Å². The summed E-state index contributed by atoms with van der Waals surface area (Å²) in [5.41, 5.74) is 3.50. The summed E-state index contributed by atoms with van der Waals surface area (Å²) in [7, 11) is 3.26. The van der Waals surface area contributed by atoms with Gasteiger partial charge >= 0.3 is 0 Å². The van der Waals surface area contributed by atoms with Gasteiger partial charge in [-0.1, -0.05) is 0 Å². The number of hydrogen-bond acceptors (Lipinski definition) is 8. The van der Waals surface area contributed by atoms with Crippen LogP contribution in [0.5, 0.6) is 23.0 Å². The molecule has 2 aliphatic rings. The van der Waals surface area contributed by atoms with Crippen LogP contribution in [0.1, 0.15) is 41.1 Å². The van der Waals surface area contributed by atoms with E-state index >= 15 is 0 Å². The van der Waals surface area contributed by atoms with E-state index in [9.17, 15) is 0 Å². The van der Waals surface area contributed by atoms with Crippen LogP contribution in [0, 0.1) is 0 Å². The number of rotatable bonds is 6. The Morgan fingerprint density at radius 2 is 2.06 bits per heavy atom. The zero-order valence-corrected chi connectivity index (χ0v) is 18.6. The third-order valence-electron chi connectivity index (χ3n) is 5.77. The zero-order valence-electron chi connectivity index (χ0n) is 17.8. The summed E-state index contributed by atoms with van der Waals surface area (Å²) in [6.45, 7) is 0.992. The molecule has 0 amide bonds. The molecule has 8 nitrogen and oxygen atoms in total. The first-order chi connectivity index (χ1) is 15.7. The molecule has 0 saturated heterocycles. The van der Waals surface area contributed by atoms with Crippen molar-refractivity contribution in [3.63, 3.8) is 0 Å². The van der Waals surface area contributed by atoms with Crippen LogP contribution in [0.3, 0.4) is 0 Å². The number of nitrogens with zero attached hydrogens (tertiary/aromatic N) is 4. The Morgan fingerprint density at radius 3 is 2.88 bits per heavy atom. The molecule has 4 heterocycles. The van der Waals surface area contributed by atoms with E-state index in [0.29, 0.717) is 42.1 Å². The first kappa shape index (κ1) is 19.4. The fourth-order valence-corrected chi connectivity index (χ4v) is 4.94. The van der Waals surface area contributed by atoms with Crippen LogP contribution in [0.15, 0.2) is 36.1 Å². The molecule has 3 aromatic heterocycles. The predicted octanol–water partition coefficient (Wildman–Crippen LogP) is 4.34. The topological polar surface area (TPSA) is 80.5 Å². The molecule has 1 atom stereocenters. The Balaban J connectivity index is 1.27. The second-order valence-electron chi connectivity index (χ2n) is 8.02. The average molecular weight is 451 g/mol. The molecular weight excluding hydrogens is 428 g/mol. The molecule has 0 N–H and O–H groups in total. The minimum Gasteiger partial charge on any atom is -0.495 e. The first-order valence-corrected chi connectivity index (χ1v) is 11.4. The van der Waals surface area contributed by atoms with E-state index in [4.69, 9.17) is 23.9 Å². The fourth-order valence-electron chi connectivity index (χ4n) is 3.91. The second kappa shape index (κ2) is 7.67. The molecule has 32 heavy (non-hydrogen) atoms. The lowest BCUT2D eigenvalue weighted by atomic mass is 10.1. The van der Waals surface area contributed by atoms with Gasteiger partial charge in [0.1, 0.15) is 17.9 Å². The Labute approximate surface area is 188 Å². The summed E-state index contributed by atoms with van der Waals surface area (Å²) in [4.78, 5) is 13.7. The summed E-state index contributed by atoms with van der Waals surface area (Å²) >= 11 is 1.71. The van der Waals surface area contributed by atoms with Crippen molar-refractivity contribution in [1.29, 1.82) is 0 Å². The standard InChI is InChI=1S/C23H22N4O4S/c1-28-15-7-16-22(24-8-15)27(12-25-16)9-13-5-18(29-2)21-19(6-13)30-10-20(31-21)17-11-32-23(26-17)14-3-4-14/h5-8,11-12,14,20H,3-4,9-10H2,1-2H3. The number of methoxy groups -OCH3 is 2. The van der Waals surface area contributed by atoms with Gasteiger partial charge in [-0.05, 0) is 30.5 Å². The van der Waals surface area contributed by atoms with Crippen molar-refractivity contribution >= 4 is 22.5 Å². The molecule has 4 aromatic rings. The molecular formula is C23H22N4O4S. The first-order valence-electron chi connectivity index (χ1n) is 10.5. The molecule has 1 fully saturated rings. The predicted molar refractivity (Wildman–Crippen MR) is 119 cm³/mol. The van der Waals surface area contributed by atoms with Crippen molar-refractivity contribution in [3.8, 4) is 23.0 Å². The van der Waals surface area contributed by atoms with Crippen molar-refractivity contribution < 1.29 is 18.9 Å². The highest BCUT2D eigenvalue weighted by molar-refractivity contribution is 7.09. The molecule has 6 rings (SSSR count). The summed E-state index contributed by atoms with van der Waals surface area (Å²) in [6, 6.07) is 5.83. The molecule has 1 aromatic carbocycles. The Kier molecular flexibility index (Phi) is 4.64. The Bertz CT molecular complexity index is 1280. The minimum atomic E-state index is -0.234. The SMILES string of the molecule is COc1cnc2c(c1)ncn2Cc1cc(OC)c2c(c1)OCC(c1csc(C3CC3)n1)O2. The number of ether oxygens (including phenoxy) is 4. The maximum Gasteiger partial charge on any atom is 0.204 e. The normalized spacial score (nSPS) is 17.5. The van der Waals surface area contributed by atoms with Crippen molar-refractivity contribution in [2.75, 3.05) is 20.8 Å². The van der Waals surface area contributed by atoms with Crippen molar-refractivity contribution in [1.82, 2.24) is 19.5 Å². The summed E-state index contributed by atoms with van der Waals surface area (Å²) < 4.78 is 25.3. The quantitative estimate of drug-likeness (QED) is 0.432. The smallest absolute Gasteiger partial charge is 0.204 e. The van der Waals surface area contributed by atoms with Gasteiger partial charge in [0.05, 0.1) is 44.0 Å². The molecule has 9 heteroatoms. The lowest BCUT2D eigenvalue weighted by molar-refractivity contribution is 0.0844. The molecule has 1 aliphatic carbocycles. The van der Waals surface area contributed by atoms with Crippen LogP contribution in [0.4, 0.5) is 0 Å². The van der Waals surface area contributed by atoms with E-state index in [0.717, 1.165) is 22.4 Å². The number of benzene rings is 1. The van der Waals surface area contributed by atoms with Crippen molar-refractivity contribution in [2.45, 2.75) is 31.4 Å². The second-order valence-corrected chi connectivity index (χ2v) is 8.91. The Hall–Kier alpha value is -3.33. The molecule has 1 saturated carbocycles. The van der Waals surface area contributed by atoms with Gasteiger partial charge in [0.15, 0.2) is 23.3 Å². The van der Waals surface area contributed by atoms with E-state index in [1.165, 1.54) is 17.8 Å². The molecule has 1 aliphatic heterocycles. The molecule has 0 bridgehead atoms. The van der Waals surface area contributed by atoms with Crippen LogP contribution >= 0.6 is 11.3 Å². The van der Waals surface area contributed by atoms with Gasteiger partial charge in [0.25, 0.3) is 0 Å². The maximum absolute atomic E-state index is 6.29. The van der Waals surface area contributed by atoms with Gasteiger partial charge < -0.3 is 23.5 Å². The lowest BCUT2D eigenvalue weighted by Gasteiger charge is -2.27. The summed E-state index contributed by atoms with van der Waals surface area (Å²) in [5, 5.41) is 3.29. The van der Waals surface area contributed by atoms with E-state index < -0.39 is 0 Å². The van der Waals surface area contributed by atoms with Gasteiger partial charge in [-0.15, -0.1) is 11.3 Å². The van der Waals surface area contributed by atoms with E-state index in [-0.39, 0.29) is 6.10 Å². The highest BCUT2D eigenvalue weighted by Crippen LogP contribution is 2.46. The third kappa shape index (κ3) is 3.42. The monoisotopic (exact) mass is 450 g/mol. The van der Waals surface area contributed by atoms with Crippen LogP contribution in [-0.2, 0) is 6.54 Å². The molecule has 164 valence electrons. The molecule has 1 unspecified atom stereocenters. The van der Waals surface area contributed by atoms with Crippen LogP contribution in [0.2, 0.25) is 0 Å². The van der Waals surface area contributed by atoms with Crippen molar-refractivity contribution in [3.05, 3.63) is 52.4 Å². The number of aromatic nitrogens is 4. The fraction of sp³-hybridized carbons (Fsp3) is 0.348. The van der Waals surface area contributed by atoms with Crippen LogP contribution in [-0.4, -0.2) is 40.3 Å². The summed E-state index contributed by atoms with van der Waals surface area (Å²) in [6.07, 6.45) is 5.71. The van der Waals surface area contributed by atoms with Gasteiger partial charge in [0.2, 0.25) is 5.75 Å². The number of hydrogen-bond donors (Lipinski definition) is 0. The van der Waals surface area contributed by atoms with Crippen molar-refractivity contribution in [2.24, 2.45) is 0 Å². The Morgan fingerprint density at radius 1 is 1.16 bits per heavy atom. The highest BCUT2D eigenvalue weighted by atomic mass is 32.1. The zero-order chi connectivity index (χ0) is 21.7. The maximum atomic E-state index is 6.29. The number of pyridine rings is 1. The largest absolute Gasteiger partial charge is 0.495 e. The highest BCUT2D eigenvalue weighted by Gasteiger charge is 2.31. The van der Waals surface area contributed by atoms with Gasteiger partial charge in [-0.25, -0.2) is 15.0 Å². The van der Waals surface area contributed by atoms with Gasteiger partial charge in [-0.2, -0.15) is 0 Å². The lowest BCUT2D eigenvalue weighted by Crippen LogP contribution is -2.22. The van der Waals surface area contributed by atoms with E-state index in [2.05, 4.69) is 15.3 Å². The number of fused-ring (bicyclic) bond motifs is 2. The summed E-state index contributed by atoms with van der Waals surface area (Å²) in [5.74, 6) is 3.25. The van der Waals surface area contributed by atoms with Crippen LogP contribution in [0.25, 0.3) is 11.2 Å². The number of thiazole rings is 1. The minimum absolute atomic E-state index is 0.234. The number of imidazole rings is 1. The average Bonchev–Trinajstić information content (AvgIpc) is 3.43. The van der Waals surface area contributed by atoms with Gasteiger partial charge in [0, 0.05) is 17.4 Å². The van der Waals surface area contributed by atoms with E-state index in [1.807, 2.05) is 22.8 Å².